The Morgan fingerprint density at radius 3 is 1.80 bits per heavy atom. The lowest BCUT2D eigenvalue weighted by Crippen LogP contribution is -2.60. The SMILES string of the molecule is CC(C)(C)OC(=O)N1CCN(C(=O)c2ccc(=O)[nH]c2)C2(CC2)C1.C[C@@H](C(=O)Nc1ccc(Oc2ccc(F)cc2)cn1)N1CCN(C(=O)c2ccc(=O)[nH]c2)C2(CC2)C1. The van der Waals surface area contributed by atoms with Gasteiger partial charge in [-0.3, -0.25) is 28.9 Å². The quantitative estimate of drug-likeness (QED) is 0.237. The van der Waals surface area contributed by atoms with Crippen LogP contribution in [-0.4, -0.2) is 120 Å². The van der Waals surface area contributed by atoms with Gasteiger partial charge in [0.25, 0.3) is 11.8 Å². The lowest BCUT2D eigenvalue weighted by atomic mass is 10.1. The number of pyridine rings is 3. The van der Waals surface area contributed by atoms with Gasteiger partial charge in [-0.2, -0.15) is 0 Å². The molecule has 0 unspecified atom stereocenters. The van der Waals surface area contributed by atoms with Crippen LogP contribution in [0.3, 0.4) is 0 Å². The number of hydrogen-bond acceptors (Lipinski definition) is 10. The molecule has 8 rings (SSSR count). The molecule has 3 aromatic heterocycles. The van der Waals surface area contributed by atoms with Crippen LogP contribution in [0.2, 0.25) is 0 Å². The number of benzene rings is 1. The standard InChI is InChI=1S/C26H26FN5O4.C17H23N3O4/c1-17(24(34)30-22-8-7-21(15-28-22)36-20-5-3-19(27)4-6-20)31-12-13-32(26(16-31)10-11-26)25(35)18-2-9-23(33)29-14-18;1-16(2,3)24-15(23)19-8-9-20(17(11-19)6-7-17)14(22)12-4-5-13(21)18-10-12/h2-9,14-15,17H,10-13,16H2,1H3,(H,29,33)(H,28,30,34);4-5,10H,6-9,11H2,1-3H3,(H,18,21)/t17-;/m0./s1. The molecule has 4 aromatic rings. The Morgan fingerprint density at radius 1 is 0.750 bits per heavy atom. The highest BCUT2D eigenvalue weighted by atomic mass is 19.1. The number of amides is 4. The maximum absolute atomic E-state index is 13.0. The van der Waals surface area contributed by atoms with Crippen LogP contribution >= 0.6 is 0 Å². The Morgan fingerprint density at radius 2 is 1.30 bits per heavy atom. The van der Waals surface area contributed by atoms with E-state index >= 15 is 0 Å². The van der Waals surface area contributed by atoms with E-state index in [0.717, 1.165) is 25.7 Å². The van der Waals surface area contributed by atoms with Crippen LogP contribution in [0, 0.1) is 5.82 Å². The Bertz CT molecular complexity index is 2310. The smallest absolute Gasteiger partial charge is 0.410 e. The lowest BCUT2D eigenvalue weighted by Gasteiger charge is -2.44. The fourth-order valence-electron chi connectivity index (χ4n) is 7.53. The number of aromatic nitrogens is 3. The first kappa shape index (κ1) is 41.8. The van der Waals surface area contributed by atoms with Crippen LogP contribution in [0.15, 0.2) is 88.8 Å². The number of anilines is 1. The van der Waals surface area contributed by atoms with Gasteiger partial charge in [-0.05, 0) is 102 Å². The number of H-pyrrole nitrogens is 2. The normalized spacial score (nSPS) is 18.2. The zero-order valence-electron chi connectivity index (χ0n) is 34.0. The number of rotatable bonds is 7. The molecule has 4 amide bonds. The van der Waals surface area contributed by atoms with Crippen molar-refractivity contribution >= 4 is 29.6 Å². The molecule has 3 N–H and O–H groups in total. The minimum atomic E-state index is -0.531. The molecule has 2 saturated carbocycles. The summed E-state index contributed by atoms with van der Waals surface area (Å²) in [5, 5.41) is 2.84. The van der Waals surface area contributed by atoms with E-state index in [1.165, 1.54) is 61.1 Å². The number of nitrogens with zero attached hydrogens (tertiary/aromatic N) is 5. The molecule has 5 heterocycles. The molecule has 2 aliphatic heterocycles. The summed E-state index contributed by atoms with van der Waals surface area (Å²) in [6.45, 7) is 10.5. The summed E-state index contributed by atoms with van der Waals surface area (Å²) < 4.78 is 24.1. The second-order valence-corrected chi connectivity index (χ2v) is 16.7. The van der Waals surface area contributed by atoms with Gasteiger partial charge in [-0.15, -0.1) is 0 Å². The first-order valence-corrected chi connectivity index (χ1v) is 20.0. The van der Waals surface area contributed by atoms with Crippen molar-refractivity contribution in [3.05, 3.63) is 117 Å². The fraction of sp³-hybridized carbons (Fsp3) is 0.419. The summed E-state index contributed by atoms with van der Waals surface area (Å²) in [5.74, 6) is 0.599. The van der Waals surface area contributed by atoms with Crippen molar-refractivity contribution in [1.29, 1.82) is 0 Å². The molecule has 4 aliphatic rings. The van der Waals surface area contributed by atoms with E-state index in [-0.39, 0.29) is 51.8 Å². The predicted molar refractivity (Wildman–Crippen MR) is 218 cm³/mol. The summed E-state index contributed by atoms with van der Waals surface area (Å²) in [5.41, 5.74) is -0.662. The van der Waals surface area contributed by atoms with Crippen molar-refractivity contribution in [3.8, 4) is 11.5 Å². The maximum Gasteiger partial charge on any atom is 0.410 e. The Kier molecular flexibility index (Phi) is 11.6. The van der Waals surface area contributed by atoms with Gasteiger partial charge < -0.3 is 39.5 Å². The summed E-state index contributed by atoms with van der Waals surface area (Å²) in [6, 6.07) is 14.4. The number of nitrogens with one attached hydrogen (secondary N) is 3. The Hall–Kier alpha value is -6.36. The molecule has 0 radical (unpaired) electrons. The molecule has 60 heavy (non-hydrogen) atoms. The number of ether oxygens (including phenoxy) is 2. The molecule has 1 aromatic carbocycles. The van der Waals surface area contributed by atoms with Gasteiger partial charge in [-0.25, -0.2) is 14.2 Å². The van der Waals surface area contributed by atoms with Crippen LogP contribution in [0.25, 0.3) is 0 Å². The number of aromatic amines is 2. The predicted octanol–water partition coefficient (Wildman–Crippen LogP) is 4.62. The number of carbonyl (C=O) groups excluding carboxylic acids is 4. The van der Waals surface area contributed by atoms with E-state index in [2.05, 4.69) is 25.2 Å². The van der Waals surface area contributed by atoms with Gasteiger partial charge in [-0.1, -0.05) is 0 Å². The highest BCUT2D eigenvalue weighted by molar-refractivity contribution is 5.96. The van der Waals surface area contributed by atoms with Gasteiger partial charge in [0.05, 0.1) is 34.4 Å². The van der Waals surface area contributed by atoms with Gasteiger partial charge in [0.2, 0.25) is 17.0 Å². The number of piperazine rings is 2. The minimum absolute atomic E-state index is 0.104. The molecule has 2 saturated heterocycles. The Labute approximate surface area is 345 Å². The summed E-state index contributed by atoms with van der Waals surface area (Å²) in [6.07, 6.45) is 7.57. The first-order chi connectivity index (χ1) is 28.5. The van der Waals surface area contributed by atoms with Gasteiger partial charge in [0.1, 0.15) is 28.7 Å². The average Bonchev–Trinajstić information content (AvgIpc) is 4.17. The number of hydrogen-bond donors (Lipinski definition) is 3. The summed E-state index contributed by atoms with van der Waals surface area (Å²) in [7, 11) is 0. The monoisotopic (exact) mass is 824 g/mol. The summed E-state index contributed by atoms with van der Waals surface area (Å²) >= 11 is 0. The molecule has 1 atom stereocenters. The third-order valence-corrected chi connectivity index (χ3v) is 11.2. The zero-order chi connectivity index (χ0) is 42.8. The van der Waals surface area contributed by atoms with Crippen molar-refractivity contribution in [2.24, 2.45) is 0 Å². The van der Waals surface area contributed by atoms with E-state index in [1.807, 2.05) is 37.5 Å². The van der Waals surface area contributed by atoms with Crippen molar-refractivity contribution in [1.82, 2.24) is 34.6 Å². The number of carbonyl (C=O) groups is 4. The van der Waals surface area contributed by atoms with Crippen molar-refractivity contribution in [3.63, 3.8) is 0 Å². The third kappa shape index (κ3) is 9.73. The van der Waals surface area contributed by atoms with E-state index in [0.29, 0.717) is 67.7 Å². The van der Waals surface area contributed by atoms with E-state index in [1.54, 1.807) is 23.1 Å². The highest BCUT2D eigenvalue weighted by Gasteiger charge is 2.55. The average molecular weight is 825 g/mol. The molecule has 0 bridgehead atoms. The van der Waals surface area contributed by atoms with Gasteiger partial charge >= 0.3 is 6.09 Å². The largest absolute Gasteiger partial charge is 0.456 e. The molecular formula is C43H49FN8O8. The summed E-state index contributed by atoms with van der Waals surface area (Å²) in [4.78, 5) is 90.3. The van der Waals surface area contributed by atoms with Crippen LogP contribution < -0.4 is 21.2 Å². The van der Waals surface area contributed by atoms with E-state index in [4.69, 9.17) is 9.47 Å². The second-order valence-electron chi connectivity index (χ2n) is 16.7. The lowest BCUT2D eigenvalue weighted by molar-refractivity contribution is -0.121. The molecular weight excluding hydrogens is 776 g/mol. The fourth-order valence-corrected chi connectivity index (χ4v) is 7.53. The van der Waals surface area contributed by atoms with Crippen LogP contribution in [-0.2, 0) is 9.53 Å². The van der Waals surface area contributed by atoms with Crippen LogP contribution in [0.5, 0.6) is 11.5 Å². The van der Waals surface area contributed by atoms with Gasteiger partial charge in [0, 0.05) is 63.8 Å². The van der Waals surface area contributed by atoms with Gasteiger partial charge in [0.15, 0.2) is 0 Å². The van der Waals surface area contributed by atoms with Crippen molar-refractivity contribution in [2.45, 2.75) is 76.1 Å². The molecule has 2 spiro atoms. The minimum Gasteiger partial charge on any atom is -0.456 e. The van der Waals surface area contributed by atoms with E-state index < -0.39 is 11.6 Å². The van der Waals surface area contributed by atoms with Crippen molar-refractivity contribution < 1.29 is 33.0 Å². The number of halogens is 1. The molecule has 17 heteroatoms. The first-order valence-electron chi connectivity index (χ1n) is 20.0. The topological polar surface area (TPSA) is 190 Å². The third-order valence-electron chi connectivity index (χ3n) is 11.2. The molecule has 4 fully saturated rings. The molecule has 316 valence electrons. The zero-order valence-corrected chi connectivity index (χ0v) is 34.0. The highest BCUT2D eigenvalue weighted by Crippen LogP contribution is 2.46. The van der Waals surface area contributed by atoms with Crippen LogP contribution in [0.1, 0.15) is 74.1 Å². The van der Waals surface area contributed by atoms with Crippen LogP contribution in [0.4, 0.5) is 15.0 Å². The second kappa shape index (κ2) is 16.7. The Balaban J connectivity index is 0.000000197. The maximum atomic E-state index is 13.0. The molecule has 16 nitrogen and oxygen atoms in total. The van der Waals surface area contributed by atoms with Crippen molar-refractivity contribution in [2.75, 3.05) is 44.6 Å². The van der Waals surface area contributed by atoms with E-state index in [9.17, 15) is 33.2 Å². The molecule has 2 aliphatic carbocycles.